The van der Waals surface area contributed by atoms with Crippen molar-refractivity contribution in [2.75, 3.05) is 54.8 Å². The van der Waals surface area contributed by atoms with Crippen molar-refractivity contribution in [1.29, 1.82) is 0 Å². The summed E-state index contributed by atoms with van der Waals surface area (Å²) >= 11 is 0. The maximum atomic E-state index is 11.9. The number of hydrogen-bond donors (Lipinski definition) is 0. The van der Waals surface area contributed by atoms with Gasteiger partial charge in [-0.15, -0.1) is 10.2 Å². The molecule has 0 radical (unpaired) electrons. The van der Waals surface area contributed by atoms with Gasteiger partial charge < -0.3 is 9.80 Å². The molecule has 22 heavy (non-hydrogen) atoms. The predicted octanol–water partition coefficient (Wildman–Crippen LogP) is 0.795. The molecule has 1 aromatic rings. The van der Waals surface area contributed by atoms with Crippen molar-refractivity contribution in [3.05, 3.63) is 12.1 Å². The fraction of sp³-hybridized carbons (Fsp3) is 0.714. The Morgan fingerprint density at radius 1 is 1.05 bits per heavy atom. The quantitative estimate of drug-likeness (QED) is 0.769. The summed E-state index contributed by atoms with van der Waals surface area (Å²) in [6.07, 6.45) is 0. The van der Waals surface area contributed by atoms with E-state index in [1.165, 1.54) is 0 Å². The van der Waals surface area contributed by atoms with E-state index in [-0.39, 0.29) is 5.75 Å². The normalized spacial score (nSPS) is 16.8. The minimum atomic E-state index is -3.09. The third-order valence-corrected chi connectivity index (χ3v) is 5.93. The minimum absolute atomic E-state index is 0.158. The molecular weight excluding hydrogens is 302 g/mol. The molecule has 1 aromatic heterocycles. The molecule has 1 saturated heterocycles. The topological polar surface area (TPSA) is 69.6 Å². The van der Waals surface area contributed by atoms with Crippen molar-refractivity contribution in [1.82, 2.24) is 14.5 Å². The van der Waals surface area contributed by atoms with E-state index in [2.05, 4.69) is 33.8 Å². The van der Waals surface area contributed by atoms with E-state index in [1.54, 1.807) is 11.2 Å². The molecular formula is C14H25N5O2S. The lowest BCUT2D eigenvalue weighted by Crippen LogP contribution is -2.49. The van der Waals surface area contributed by atoms with Crippen LogP contribution in [0.3, 0.4) is 0 Å². The third kappa shape index (κ3) is 3.67. The molecule has 0 N–H and O–H groups in total. The first-order valence-electron chi connectivity index (χ1n) is 7.83. The van der Waals surface area contributed by atoms with Gasteiger partial charge in [0.2, 0.25) is 10.0 Å². The van der Waals surface area contributed by atoms with E-state index in [9.17, 15) is 8.42 Å². The standard InChI is InChI=1S/C14H25N5O2S/c1-4-17(5-2)13-7-8-14(16-15-13)18-9-11-19(12-10-18)22(20,21)6-3/h7-8H,4-6,9-12H2,1-3H3. The number of hydrogen-bond acceptors (Lipinski definition) is 6. The van der Waals surface area contributed by atoms with Crippen LogP contribution in [0.15, 0.2) is 12.1 Å². The Hall–Kier alpha value is -1.41. The monoisotopic (exact) mass is 327 g/mol. The first-order chi connectivity index (χ1) is 10.5. The Morgan fingerprint density at radius 3 is 2.14 bits per heavy atom. The molecule has 0 saturated carbocycles. The molecule has 0 bridgehead atoms. The van der Waals surface area contributed by atoms with Crippen molar-refractivity contribution in [3.63, 3.8) is 0 Å². The zero-order chi connectivity index (χ0) is 16.2. The second-order valence-corrected chi connectivity index (χ2v) is 7.47. The molecule has 7 nitrogen and oxygen atoms in total. The number of sulfonamides is 1. The average Bonchev–Trinajstić information content (AvgIpc) is 2.57. The third-order valence-electron chi connectivity index (χ3n) is 4.04. The van der Waals surface area contributed by atoms with Crippen LogP contribution in [0.25, 0.3) is 0 Å². The van der Waals surface area contributed by atoms with Crippen LogP contribution in [0.5, 0.6) is 0 Å². The van der Waals surface area contributed by atoms with Crippen LogP contribution < -0.4 is 9.80 Å². The molecule has 0 atom stereocenters. The number of nitrogens with zero attached hydrogens (tertiary/aromatic N) is 5. The van der Waals surface area contributed by atoms with Crippen molar-refractivity contribution in [2.45, 2.75) is 20.8 Å². The van der Waals surface area contributed by atoms with Crippen LogP contribution in [0.2, 0.25) is 0 Å². The molecule has 1 fully saturated rings. The second kappa shape index (κ2) is 7.23. The number of aromatic nitrogens is 2. The van der Waals surface area contributed by atoms with Crippen molar-refractivity contribution in [3.8, 4) is 0 Å². The van der Waals surface area contributed by atoms with E-state index in [1.807, 2.05) is 12.1 Å². The van der Waals surface area contributed by atoms with Gasteiger partial charge in [0.1, 0.15) is 0 Å². The Morgan fingerprint density at radius 2 is 1.68 bits per heavy atom. The van der Waals surface area contributed by atoms with E-state index < -0.39 is 10.0 Å². The van der Waals surface area contributed by atoms with Crippen LogP contribution >= 0.6 is 0 Å². The molecule has 0 unspecified atom stereocenters. The first-order valence-corrected chi connectivity index (χ1v) is 9.44. The molecule has 8 heteroatoms. The lowest BCUT2D eigenvalue weighted by Gasteiger charge is -2.34. The van der Waals surface area contributed by atoms with Gasteiger partial charge in [0.25, 0.3) is 0 Å². The molecule has 1 aliphatic heterocycles. The summed E-state index contributed by atoms with van der Waals surface area (Å²) in [5, 5.41) is 8.58. The van der Waals surface area contributed by atoms with Gasteiger partial charge in [-0.2, -0.15) is 4.31 Å². The molecule has 2 rings (SSSR count). The Balaban J connectivity index is 2.00. The van der Waals surface area contributed by atoms with E-state index in [0.717, 1.165) is 24.7 Å². The van der Waals surface area contributed by atoms with Gasteiger partial charge in [0, 0.05) is 39.3 Å². The Labute approximate surface area is 133 Å². The molecule has 0 amide bonds. The molecule has 0 aliphatic carbocycles. The highest BCUT2D eigenvalue weighted by Gasteiger charge is 2.26. The smallest absolute Gasteiger partial charge is 0.213 e. The van der Waals surface area contributed by atoms with Gasteiger partial charge in [-0.1, -0.05) is 0 Å². The van der Waals surface area contributed by atoms with Crippen molar-refractivity contribution >= 4 is 21.7 Å². The predicted molar refractivity (Wildman–Crippen MR) is 88.8 cm³/mol. The molecule has 0 aromatic carbocycles. The maximum Gasteiger partial charge on any atom is 0.213 e. The second-order valence-electron chi connectivity index (χ2n) is 5.21. The SMILES string of the molecule is CCN(CC)c1ccc(N2CCN(S(=O)(=O)CC)CC2)nn1. The average molecular weight is 327 g/mol. The number of rotatable bonds is 6. The van der Waals surface area contributed by atoms with Crippen molar-refractivity contribution < 1.29 is 8.42 Å². The van der Waals surface area contributed by atoms with Gasteiger partial charge in [0.05, 0.1) is 5.75 Å². The highest BCUT2D eigenvalue weighted by Crippen LogP contribution is 2.17. The lowest BCUT2D eigenvalue weighted by molar-refractivity contribution is 0.384. The first kappa shape index (κ1) is 17.0. The molecule has 2 heterocycles. The minimum Gasteiger partial charge on any atom is -0.356 e. The summed E-state index contributed by atoms with van der Waals surface area (Å²) in [6.45, 7) is 9.98. The van der Waals surface area contributed by atoms with Crippen LogP contribution in [0, 0.1) is 0 Å². The van der Waals surface area contributed by atoms with E-state index in [4.69, 9.17) is 0 Å². The zero-order valence-corrected chi connectivity index (χ0v) is 14.4. The summed E-state index contributed by atoms with van der Waals surface area (Å²) in [4.78, 5) is 4.23. The summed E-state index contributed by atoms with van der Waals surface area (Å²) in [6, 6.07) is 3.94. The van der Waals surface area contributed by atoms with Gasteiger partial charge in [-0.25, -0.2) is 8.42 Å². The Kier molecular flexibility index (Phi) is 5.57. The van der Waals surface area contributed by atoms with Gasteiger partial charge in [-0.3, -0.25) is 0 Å². The fourth-order valence-corrected chi connectivity index (χ4v) is 3.67. The summed E-state index contributed by atoms with van der Waals surface area (Å²) in [5.74, 6) is 1.84. The van der Waals surface area contributed by atoms with Crippen molar-refractivity contribution in [2.24, 2.45) is 0 Å². The molecule has 1 aliphatic rings. The Bertz CT molecular complexity index is 563. The summed E-state index contributed by atoms with van der Waals surface area (Å²) in [5.41, 5.74) is 0. The van der Waals surface area contributed by atoms with Gasteiger partial charge in [0.15, 0.2) is 11.6 Å². The highest BCUT2D eigenvalue weighted by atomic mass is 32.2. The number of anilines is 2. The van der Waals surface area contributed by atoms with Gasteiger partial charge in [-0.05, 0) is 32.9 Å². The summed E-state index contributed by atoms with van der Waals surface area (Å²) in [7, 11) is -3.09. The van der Waals surface area contributed by atoms with Crippen LogP contribution in [-0.4, -0.2) is 67.9 Å². The lowest BCUT2D eigenvalue weighted by atomic mass is 10.3. The highest BCUT2D eigenvalue weighted by molar-refractivity contribution is 7.89. The fourth-order valence-electron chi connectivity index (χ4n) is 2.58. The van der Waals surface area contributed by atoms with E-state index in [0.29, 0.717) is 26.2 Å². The van der Waals surface area contributed by atoms with Crippen LogP contribution in [-0.2, 0) is 10.0 Å². The van der Waals surface area contributed by atoms with Crippen LogP contribution in [0.1, 0.15) is 20.8 Å². The zero-order valence-electron chi connectivity index (χ0n) is 13.6. The molecule has 124 valence electrons. The molecule has 0 spiro atoms. The summed E-state index contributed by atoms with van der Waals surface area (Å²) < 4.78 is 25.3. The van der Waals surface area contributed by atoms with E-state index >= 15 is 0 Å². The number of piperazine rings is 1. The largest absolute Gasteiger partial charge is 0.356 e. The van der Waals surface area contributed by atoms with Crippen LogP contribution in [0.4, 0.5) is 11.6 Å². The maximum absolute atomic E-state index is 11.9. The van der Waals surface area contributed by atoms with Gasteiger partial charge >= 0.3 is 0 Å².